The smallest absolute Gasteiger partial charge is 0.146 e. The Bertz CT molecular complexity index is 284. The lowest BCUT2D eigenvalue weighted by atomic mass is 10.2. The summed E-state index contributed by atoms with van der Waals surface area (Å²) in [6, 6.07) is 5.21. The highest BCUT2D eigenvalue weighted by Gasteiger charge is 1.99. The van der Waals surface area contributed by atoms with Gasteiger partial charge in [0.15, 0.2) is 0 Å². The first-order valence-electron chi connectivity index (χ1n) is 4.37. The number of hydrogen-bond donors (Lipinski definition) is 2. The fourth-order valence-electron chi connectivity index (χ4n) is 1.03. The predicted molar refractivity (Wildman–Crippen MR) is 52.8 cm³/mol. The van der Waals surface area contributed by atoms with Crippen molar-refractivity contribution in [3.8, 4) is 0 Å². The first-order chi connectivity index (χ1) is 6.09. The molecule has 0 aliphatic carbocycles. The number of rotatable bonds is 3. The van der Waals surface area contributed by atoms with Gasteiger partial charge in [0.1, 0.15) is 5.82 Å². The highest BCUT2D eigenvalue weighted by atomic mass is 19.1. The van der Waals surface area contributed by atoms with E-state index in [0.29, 0.717) is 6.04 Å². The largest absolute Gasteiger partial charge is 0.396 e. The molecule has 0 saturated carbocycles. The number of hydrogen-bond acceptors (Lipinski definition) is 2. The predicted octanol–water partition coefficient (Wildman–Crippen LogP) is 1.91. The van der Waals surface area contributed by atoms with E-state index in [1.165, 1.54) is 6.07 Å². The van der Waals surface area contributed by atoms with Crippen molar-refractivity contribution in [1.29, 1.82) is 0 Å². The minimum Gasteiger partial charge on any atom is -0.396 e. The summed E-state index contributed by atoms with van der Waals surface area (Å²) in [5, 5.41) is 3.23. The van der Waals surface area contributed by atoms with E-state index in [9.17, 15) is 4.39 Å². The molecule has 3 heteroatoms. The average Bonchev–Trinajstić information content (AvgIpc) is 2.07. The summed E-state index contributed by atoms with van der Waals surface area (Å²) >= 11 is 0. The number of benzene rings is 1. The molecule has 0 atom stereocenters. The third kappa shape index (κ3) is 3.03. The van der Waals surface area contributed by atoms with E-state index < -0.39 is 0 Å². The topological polar surface area (TPSA) is 38.0 Å². The summed E-state index contributed by atoms with van der Waals surface area (Å²) in [7, 11) is 0. The van der Waals surface area contributed by atoms with Crippen molar-refractivity contribution in [1.82, 2.24) is 5.32 Å². The Hall–Kier alpha value is -1.09. The van der Waals surface area contributed by atoms with E-state index in [-0.39, 0.29) is 11.5 Å². The Morgan fingerprint density at radius 1 is 1.46 bits per heavy atom. The maximum absolute atomic E-state index is 12.8. The lowest BCUT2D eigenvalue weighted by molar-refractivity contribution is 0.587. The van der Waals surface area contributed by atoms with Gasteiger partial charge in [-0.25, -0.2) is 4.39 Å². The summed E-state index contributed by atoms with van der Waals surface area (Å²) in [6.07, 6.45) is 0. The minimum atomic E-state index is -0.353. The molecule has 0 radical (unpaired) electrons. The van der Waals surface area contributed by atoms with Crippen LogP contribution in [0.1, 0.15) is 19.4 Å². The first kappa shape index (κ1) is 9.99. The van der Waals surface area contributed by atoms with Gasteiger partial charge in [-0.2, -0.15) is 0 Å². The number of anilines is 1. The lowest BCUT2D eigenvalue weighted by Gasteiger charge is -2.08. The van der Waals surface area contributed by atoms with Crippen LogP contribution in [0.3, 0.4) is 0 Å². The van der Waals surface area contributed by atoms with Crippen LogP contribution in [0.15, 0.2) is 18.2 Å². The van der Waals surface area contributed by atoms with Crippen molar-refractivity contribution in [2.24, 2.45) is 0 Å². The molecule has 1 rings (SSSR count). The number of nitrogen functional groups attached to an aromatic ring is 1. The molecule has 1 aromatic rings. The van der Waals surface area contributed by atoms with E-state index in [2.05, 4.69) is 19.2 Å². The normalized spacial score (nSPS) is 10.8. The molecule has 0 aliphatic heterocycles. The van der Waals surface area contributed by atoms with Crippen molar-refractivity contribution in [3.63, 3.8) is 0 Å². The summed E-state index contributed by atoms with van der Waals surface area (Å²) in [4.78, 5) is 0. The van der Waals surface area contributed by atoms with Crippen LogP contribution in [0.2, 0.25) is 0 Å². The van der Waals surface area contributed by atoms with Crippen molar-refractivity contribution in [2.75, 3.05) is 5.73 Å². The zero-order chi connectivity index (χ0) is 9.84. The van der Waals surface area contributed by atoms with Crippen LogP contribution in [0, 0.1) is 5.82 Å². The second kappa shape index (κ2) is 4.23. The molecule has 13 heavy (non-hydrogen) atoms. The van der Waals surface area contributed by atoms with Crippen LogP contribution >= 0.6 is 0 Å². The zero-order valence-corrected chi connectivity index (χ0v) is 7.97. The number of nitrogens with one attached hydrogen (secondary N) is 1. The molecule has 0 spiro atoms. The van der Waals surface area contributed by atoms with E-state index >= 15 is 0 Å². The SMILES string of the molecule is CC(C)NCc1ccc(F)c(N)c1. The minimum absolute atomic E-state index is 0.211. The molecular weight excluding hydrogens is 167 g/mol. The van der Waals surface area contributed by atoms with E-state index in [1.54, 1.807) is 12.1 Å². The van der Waals surface area contributed by atoms with Crippen LogP contribution in [-0.4, -0.2) is 6.04 Å². The van der Waals surface area contributed by atoms with Crippen LogP contribution < -0.4 is 11.1 Å². The van der Waals surface area contributed by atoms with E-state index in [1.807, 2.05) is 0 Å². The Balaban J connectivity index is 2.63. The highest BCUT2D eigenvalue weighted by Crippen LogP contribution is 2.11. The molecule has 1 aromatic carbocycles. The van der Waals surface area contributed by atoms with Crippen LogP contribution in [0.4, 0.5) is 10.1 Å². The standard InChI is InChI=1S/C10H15FN2/c1-7(2)13-6-8-3-4-9(11)10(12)5-8/h3-5,7,13H,6,12H2,1-2H3. The molecule has 0 aliphatic rings. The van der Waals surface area contributed by atoms with Gasteiger partial charge < -0.3 is 11.1 Å². The average molecular weight is 182 g/mol. The summed E-state index contributed by atoms with van der Waals surface area (Å²) in [6.45, 7) is 4.85. The van der Waals surface area contributed by atoms with E-state index in [4.69, 9.17) is 5.73 Å². The van der Waals surface area contributed by atoms with Gasteiger partial charge in [0.2, 0.25) is 0 Å². The monoisotopic (exact) mass is 182 g/mol. The Labute approximate surface area is 77.9 Å². The van der Waals surface area contributed by atoms with Gasteiger partial charge in [0, 0.05) is 12.6 Å². The summed E-state index contributed by atoms with van der Waals surface area (Å²) in [5.74, 6) is -0.353. The quantitative estimate of drug-likeness (QED) is 0.701. The molecule has 0 amide bonds. The fraction of sp³-hybridized carbons (Fsp3) is 0.400. The third-order valence-corrected chi connectivity index (χ3v) is 1.77. The number of nitrogens with two attached hydrogens (primary N) is 1. The third-order valence-electron chi connectivity index (χ3n) is 1.77. The van der Waals surface area contributed by atoms with E-state index in [0.717, 1.165) is 12.1 Å². The highest BCUT2D eigenvalue weighted by molar-refractivity contribution is 5.42. The molecule has 3 N–H and O–H groups in total. The van der Waals surface area contributed by atoms with Crippen molar-refractivity contribution in [2.45, 2.75) is 26.4 Å². The Morgan fingerprint density at radius 2 is 2.15 bits per heavy atom. The van der Waals surface area contributed by atoms with Gasteiger partial charge in [-0.15, -0.1) is 0 Å². The fourth-order valence-corrected chi connectivity index (χ4v) is 1.03. The maximum Gasteiger partial charge on any atom is 0.146 e. The molecule has 2 nitrogen and oxygen atoms in total. The molecule has 0 fully saturated rings. The molecule has 0 saturated heterocycles. The molecule has 72 valence electrons. The van der Waals surface area contributed by atoms with Gasteiger partial charge in [-0.05, 0) is 17.7 Å². The molecular formula is C10H15FN2. The van der Waals surface area contributed by atoms with Crippen molar-refractivity contribution < 1.29 is 4.39 Å². The summed E-state index contributed by atoms with van der Waals surface area (Å²) < 4.78 is 12.8. The van der Waals surface area contributed by atoms with Crippen molar-refractivity contribution in [3.05, 3.63) is 29.6 Å². The molecule has 0 heterocycles. The van der Waals surface area contributed by atoms with Crippen molar-refractivity contribution >= 4 is 5.69 Å². The molecule has 0 aromatic heterocycles. The Kier molecular flexibility index (Phi) is 3.25. The van der Waals surface area contributed by atoms with Gasteiger partial charge >= 0.3 is 0 Å². The summed E-state index contributed by atoms with van der Waals surface area (Å²) in [5.41, 5.74) is 6.64. The Morgan fingerprint density at radius 3 is 2.69 bits per heavy atom. The van der Waals surface area contributed by atoms with Crippen LogP contribution in [0.5, 0.6) is 0 Å². The van der Waals surface area contributed by atoms with Crippen LogP contribution in [0.25, 0.3) is 0 Å². The van der Waals surface area contributed by atoms with Crippen LogP contribution in [-0.2, 0) is 6.54 Å². The molecule has 0 unspecified atom stereocenters. The lowest BCUT2D eigenvalue weighted by Crippen LogP contribution is -2.21. The number of halogens is 1. The zero-order valence-electron chi connectivity index (χ0n) is 7.97. The second-order valence-electron chi connectivity index (χ2n) is 3.39. The maximum atomic E-state index is 12.8. The first-order valence-corrected chi connectivity index (χ1v) is 4.37. The van der Waals surface area contributed by atoms with Gasteiger partial charge in [-0.3, -0.25) is 0 Å². The van der Waals surface area contributed by atoms with Gasteiger partial charge in [0.25, 0.3) is 0 Å². The van der Waals surface area contributed by atoms with Gasteiger partial charge in [0.05, 0.1) is 5.69 Å². The molecule has 0 bridgehead atoms. The van der Waals surface area contributed by atoms with Gasteiger partial charge in [-0.1, -0.05) is 19.9 Å². The second-order valence-corrected chi connectivity index (χ2v) is 3.39.